The third-order valence-corrected chi connectivity index (χ3v) is 5.87. The van der Waals surface area contributed by atoms with Crippen molar-refractivity contribution in [2.45, 2.75) is 39.3 Å². The maximum atomic E-state index is 14.5. The highest BCUT2D eigenvalue weighted by molar-refractivity contribution is 14.0. The molecular formula is C22H35FIN5O2. The number of amides is 1. The van der Waals surface area contributed by atoms with Gasteiger partial charge in [0.1, 0.15) is 11.9 Å². The van der Waals surface area contributed by atoms with E-state index in [9.17, 15) is 9.18 Å². The molecule has 0 saturated carbocycles. The van der Waals surface area contributed by atoms with Gasteiger partial charge in [0.2, 0.25) is 0 Å². The number of anilines is 1. The number of rotatable bonds is 6. The average molecular weight is 547 g/mol. The second-order valence-electron chi connectivity index (χ2n) is 7.67. The number of ether oxygens (including phenoxy) is 1. The molecule has 0 aliphatic carbocycles. The van der Waals surface area contributed by atoms with E-state index in [4.69, 9.17) is 4.74 Å². The molecule has 0 bridgehead atoms. The minimum Gasteiger partial charge on any atom is -0.370 e. The third kappa shape index (κ3) is 6.44. The van der Waals surface area contributed by atoms with Gasteiger partial charge in [-0.25, -0.2) is 4.39 Å². The zero-order valence-corrected chi connectivity index (χ0v) is 21.1. The molecule has 1 N–H and O–H groups in total. The first-order chi connectivity index (χ1) is 14.6. The van der Waals surface area contributed by atoms with Crippen molar-refractivity contribution >= 4 is 41.5 Å². The number of carbonyl (C=O) groups is 1. The second-order valence-corrected chi connectivity index (χ2v) is 7.67. The van der Waals surface area contributed by atoms with E-state index in [0.717, 1.165) is 37.5 Å². The van der Waals surface area contributed by atoms with Crippen LogP contribution in [0.5, 0.6) is 0 Å². The molecule has 2 fully saturated rings. The van der Waals surface area contributed by atoms with Gasteiger partial charge in [0.25, 0.3) is 5.91 Å². The number of hydrogen-bond acceptors (Lipinski definition) is 4. The summed E-state index contributed by atoms with van der Waals surface area (Å²) in [7, 11) is 1.75. The molecule has 1 aromatic rings. The standard InChI is InChI=1S/C22H34FN5O2.HI/c1-4-26(5-2)19-9-8-17(15-18(19)23)16-25-22(24-3)28-12-10-27(11-13-28)21(29)20-7-6-14-30-20;/h8-9,15,20H,4-7,10-14,16H2,1-3H3,(H,24,25);1H. The summed E-state index contributed by atoms with van der Waals surface area (Å²) in [5, 5.41) is 3.33. The highest BCUT2D eigenvalue weighted by Gasteiger charge is 2.30. The lowest BCUT2D eigenvalue weighted by atomic mass is 10.1. The van der Waals surface area contributed by atoms with Crippen LogP contribution in [-0.4, -0.2) is 80.7 Å². The topological polar surface area (TPSA) is 60.4 Å². The Hall–Kier alpha value is -1.62. The van der Waals surface area contributed by atoms with Crippen LogP contribution in [0.4, 0.5) is 10.1 Å². The SMILES string of the molecule is CCN(CC)c1ccc(CNC(=NC)N2CCN(C(=O)C3CCCO3)CC2)cc1F.I. The van der Waals surface area contributed by atoms with E-state index in [0.29, 0.717) is 45.0 Å². The number of piperazine rings is 1. The molecule has 2 saturated heterocycles. The number of benzene rings is 1. The fourth-order valence-electron chi connectivity index (χ4n) is 4.11. The van der Waals surface area contributed by atoms with Crippen LogP contribution >= 0.6 is 24.0 Å². The summed E-state index contributed by atoms with van der Waals surface area (Å²) in [5.74, 6) is 0.681. The monoisotopic (exact) mass is 547 g/mol. The molecule has 2 aliphatic rings. The van der Waals surface area contributed by atoms with Gasteiger partial charge in [-0.15, -0.1) is 24.0 Å². The number of hydrogen-bond donors (Lipinski definition) is 1. The molecule has 0 spiro atoms. The minimum atomic E-state index is -0.261. The molecule has 31 heavy (non-hydrogen) atoms. The van der Waals surface area contributed by atoms with Gasteiger partial charge in [-0.05, 0) is 44.4 Å². The number of carbonyl (C=O) groups excluding carboxylic acids is 1. The molecule has 1 atom stereocenters. The molecule has 0 aromatic heterocycles. The zero-order chi connectivity index (χ0) is 21.5. The Labute approximate surface area is 202 Å². The van der Waals surface area contributed by atoms with Crippen LogP contribution in [-0.2, 0) is 16.1 Å². The molecule has 2 heterocycles. The number of guanidine groups is 1. The van der Waals surface area contributed by atoms with E-state index in [2.05, 4.69) is 15.2 Å². The Balaban J connectivity index is 0.00000341. The lowest BCUT2D eigenvalue weighted by Gasteiger charge is -2.37. The van der Waals surface area contributed by atoms with Crippen molar-refractivity contribution in [1.29, 1.82) is 0 Å². The number of halogens is 2. The first-order valence-corrected chi connectivity index (χ1v) is 11.0. The van der Waals surface area contributed by atoms with Gasteiger partial charge in [-0.2, -0.15) is 0 Å². The summed E-state index contributed by atoms with van der Waals surface area (Å²) in [6.07, 6.45) is 1.53. The van der Waals surface area contributed by atoms with Crippen LogP contribution in [0.3, 0.4) is 0 Å². The smallest absolute Gasteiger partial charge is 0.251 e. The molecule has 3 rings (SSSR count). The van der Waals surface area contributed by atoms with Crippen LogP contribution in [0.25, 0.3) is 0 Å². The molecule has 9 heteroatoms. The van der Waals surface area contributed by atoms with Crippen LogP contribution < -0.4 is 10.2 Å². The lowest BCUT2D eigenvalue weighted by molar-refractivity contribution is -0.142. The van der Waals surface area contributed by atoms with Crippen molar-refractivity contribution < 1.29 is 13.9 Å². The van der Waals surface area contributed by atoms with Gasteiger partial charge < -0.3 is 24.8 Å². The van der Waals surface area contributed by atoms with Crippen molar-refractivity contribution in [3.63, 3.8) is 0 Å². The first kappa shape index (κ1) is 25.6. The summed E-state index contributed by atoms with van der Waals surface area (Å²) in [6.45, 7) is 9.53. The van der Waals surface area contributed by atoms with Gasteiger partial charge in [-0.3, -0.25) is 9.79 Å². The Kier molecular flexibility index (Phi) is 10.3. The molecule has 0 radical (unpaired) electrons. The largest absolute Gasteiger partial charge is 0.370 e. The van der Waals surface area contributed by atoms with Crippen molar-refractivity contribution in [2.24, 2.45) is 4.99 Å². The van der Waals surface area contributed by atoms with Crippen LogP contribution in [0, 0.1) is 5.82 Å². The molecule has 2 aliphatic heterocycles. The predicted molar refractivity (Wildman–Crippen MR) is 133 cm³/mol. The summed E-state index contributed by atoms with van der Waals surface area (Å²) >= 11 is 0. The van der Waals surface area contributed by atoms with E-state index in [1.54, 1.807) is 13.1 Å². The van der Waals surface area contributed by atoms with Crippen molar-refractivity contribution in [3.8, 4) is 0 Å². The molecular weight excluding hydrogens is 512 g/mol. The predicted octanol–water partition coefficient (Wildman–Crippen LogP) is 2.69. The average Bonchev–Trinajstić information content (AvgIpc) is 3.31. The fourth-order valence-corrected chi connectivity index (χ4v) is 4.11. The Morgan fingerprint density at radius 2 is 1.90 bits per heavy atom. The highest BCUT2D eigenvalue weighted by Crippen LogP contribution is 2.20. The Morgan fingerprint density at radius 1 is 1.23 bits per heavy atom. The number of nitrogens with zero attached hydrogens (tertiary/aromatic N) is 4. The van der Waals surface area contributed by atoms with Crippen molar-refractivity contribution in [1.82, 2.24) is 15.1 Å². The van der Waals surface area contributed by atoms with Gasteiger partial charge >= 0.3 is 0 Å². The summed E-state index contributed by atoms with van der Waals surface area (Å²) in [5.41, 5.74) is 1.51. The molecule has 7 nitrogen and oxygen atoms in total. The van der Waals surface area contributed by atoms with Crippen molar-refractivity contribution in [3.05, 3.63) is 29.6 Å². The van der Waals surface area contributed by atoms with Crippen LogP contribution in [0.15, 0.2) is 23.2 Å². The first-order valence-electron chi connectivity index (χ1n) is 11.0. The quantitative estimate of drug-likeness (QED) is 0.337. The van der Waals surface area contributed by atoms with Crippen molar-refractivity contribution in [2.75, 3.05) is 57.8 Å². The zero-order valence-electron chi connectivity index (χ0n) is 18.8. The van der Waals surface area contributed by atoms with Gasteiger partial charge in [0.15, 0.2) is 5.96 Å². The summed E-state index contributed by atoms with van der Waals surface area (Å²) < 4.78 is 20.0. The normalized spacial score (nSPS) is 19.2. The minimum absolute atomic E-state index is 0. The maximum Gasteiger partial charge on any atom is 0.251 e. The molecule has 1 amide bonds. The molecule has 1 unspecified atom stereocenters. The molecule has 1 aromatic carbocycles. The Morgan fingerprint density at radius 3 is 2.45 bits per heavy atom. The van der Waals surface area contributed by atoms with Crippen LogP contribution in [0.1, 0.15) is 32.3 Å². The second kappa shape index (κ2) is 12.4. The van der Waals surface area contributed by atoms with E-state index in [-0.39, 0.29) is 41.8 Å². The third-order valence-electron chi connectivity index (χ3n) is 5.87. The van der Waals surface area contributed by atoms with Gasteiger partial charge in [0, 0.05) is 59.5 Å². The summed E-state index contributed by atoms with van der Waals surface area (Å²) in [6, 6.07) is 5.39. The van der Waals surface area contributed by atoms with Gasteiger partial charge in [0.05, 0.1) is 5.69 Å². The maximum absolute atomic E-state index is 14.5. The van der Waals surface area contributed by atoms with Gasteiger partial charge in [-0.1, -0.05) is 6.07 Å². The number of aliphatic imine (C=N–C) groups is 1. The summed E-state index contributed by atoms with van der Waals surface area (Å²) in [4.78, 5) is 22.9. The molecule has 174 valence electrons. The highest BCUT2D eigenvalue weighted by atomic mass is 127. The fraction of sp³-hybridized carbons (Fsp3) is 0.636. The van der Waals surface area contributed by atoms with E-state index in [1.165, 1.54) is 0 Å². The van der Waals surface area contributed by atoms with E-state index >= 15 is 0 Å². The van der Waals surface area contributed by atoms with E-state index < -0.39 is 0 Å². The van der Waals surface area contributed by atoms with Crippen LogP contribution in [0.2, 0.25) is 0 Å². The lowest BCUT2D eigenvalue weighted by Crippen LogP contribution is -2.55. The number of nitrogens with one attached hydrogen (secondary N) is 1. The Bertz CT molecular complexity index is 745. The van der Waals surface area contributed by atoms with E-state index in [1.807, 2.05) is 35.8 Å².